The van der Waals surface area contributed by atoms with Gasteiger partial charge in [-0.1, -0.05) is 55.5 Å². The summed E-state index contributed by atoms with van der Waals surface area (Å²) in [6, 6.07) is 18.4. The summed E-state index contributed by atoms with van der Waals surface area (Å²) in [5.41, 5.74) is 6.37. The molecule has 4 rings (SSSR count). The number of benzene rings is 2. The van der Waals surface area contributed by atoms with Crippen molar-refractivity contribution < 1.29 is 5.11 Å². The van der Waals surface area contributed by atoms with Gasteiger partial charge in [-0.05, 0) is 11.6 Å². The highest BCUT2D eigenvalue weighted by molar-refractivity contribution is 5.68. The molecule has 1 unspecified atom stereocenters. The van der Waals surface area contributed by atoms with E-state index in [1.54, 1.807) is 0 Å². The maximum atomic E-state index is 9.88. The number of hydrogen-bond acceptors (Lipinski definition) is 2. The number of aromatic nitrogens is 2. The predicted octanol–water partition coefficient (Wildman–Crippen LogP) is 3.50. The zero-order chi connectivity index (χ0) is 14.4. The number of hydrogen-bond donors (Lipinski definition) is 1. The van der Waals surface area contributed by atoms with E-state index in [2.05, 4.69) is 25.1 Å². The highest BCUT2D eigenvalue weighted by atomic mass is 16.3. The van der Waals surface area contributed by atoms with E-state index < -0.39 is 0 Å². The molecule has 0 saturated carbocycles. The molecule has 3 heteroatoms. The molecule has 0 fully saturated rings. The topological polar surface area (TPSA) is 38.0 Å². The van der Waals surface area contributed by atoms with Crippen molar-refractivity contribution in [3.05, 3.63) is 71.4 Å². The van der Waals surface area contributed by atoms with Gasteiger partial charge in [0, 0.05) is 17.0 Å². The Kier molecular flexibility index (Phi) is 2.69. The molecule has 21 heavy (non-hydrogen) atoms. The molecule has 0 saturated heterocycles. The summed E-state index contributed by atoms with van der Waals surface area (Å²) in [7, 11) is 0. The monoisotopic (exact) mass is 276 g/mol. The van der Waals surface area contributed by atoms with Crippen LogP contribution in [0, 0.1) is 0 Å². The molecule has 0 amide bonds. The number of fused-ring (bicyclic) bond motifs is 3. The van der Waals surface area contributed by atoms with Crippen molar-refractivity contribution in [1.29, 1.82) is 0 Å². The Hall–Kier alpha value is -2.39. The Bertz CT molecular complexity index is 805. The number of aliphatic hydroxyl groups excluding tert-OH is 1. The minimum Gasteiger partial charge on any atom is -0.392 e. The first-order valence-electron chi connectivity index (χ1n) is 7.18. The number of para-hydroxylation sites is 1. The maximum Gasteiger partial charge on any atom is 0.0985 e. The van der Waals surface area contributed by atoms with E-state index in [0.717, 1.165) is 28.2 Å². The molecular weight excluding hydrogens is 260 g/mol. The Balaban J connectivity index is 1.98. The second kappa shape index (κ2) is 4.57. The van der Waals surface area contributed by atoms with Crippen molar-refractivity contribution in [2.75, 3.05) is 0 Å². The van der Waals surface area contributed by atoms with E-state index in [1.165, 1.54) is 5.56 Å². The summed E-state index contributed by atoms with van der Waals surface area (Å²) in [6.45, 7) is 2.19. The summed E-state index contributed by atoms with van der Waals surface area (Å²) in [4.78, 5) is 0. The minimum atomic E-state index is 0.0118. The van der Waals surface area contributed by atoms with Gasteiger partial charge in [0.25, 0.3) is 0 Å². The second-order valence-electron chi connectivity index (χ2n) is 5.43. The second-order valence-corrected chi connectivity index (χ2v) is 5.43. The molecule has 1 aliphatic heterocycles. The summed E-state index contributed by atoms with van der Waals surface area (Å²) in [5.74, 6) is 0.258. The predicted molar refractivity (Wildman–Crippen MR) is 82.4 cm³/mol. The molecule has 0 aliphatic carbocycles. The van der Waals surface area contributed by atoms with Gasteiger partial charge in [-0.2, -0.15) is 5.10 Å². The van der Waals surface area contributed by atoms with Gasteiger partial charge in [0.15, 0.2) is 0 Å². The summed E-state index contributed by atoms with van der Waals surface area (Å²) >= 11 is 0. The summed E-state index contributed by atoms with van der Waals surface area (Å²) < 4.78 is 1.99. The van der Waals surface area contributed by atoms with Crippen LogP contribution in [0.25, 0.3) is 16.9 Å². The third kappa shape index (κ3) is 1.68. The standard InChI is InChI=1S/C18H16N2O/c1-12-14-9-5-6-10-16(14)20-18(12)15(11-21)17(19-20)13-7-3-2-4-8-13/h2-10,12,21H,11H2,1H3. The molecule has 1 atom stereocenters. The van der Waals surface area contributed by atoms with Crippen molar-refractivity contribution in [3.63, 3.8) is 0 Å². The first-order valence-corrected chi connectivity index (χ1v) is 7.18. The van der Waals surface area contributed by atoms with E-state index in [0.29, 0.717) is 0 Å². The molecule has 2 aromatic carbocycles. The molecule has 0 bridgehead atoms. The summed E-state index contributed by atoms with van der Waals surface area (Å²) in [5, 5.41) is 14.7. The molecule has 3 aromatic rings. The Morgan fingerprint density at radius 2 is 1.76 bits per heavy atom. The minimum absolute atomic E-state index is 0.0118. The molecule has 2 heterocycles. The van der Waals surface area contributed by atoms with Gasteiger partial charge in [0.1, 0.15) is 0 Å². The highest BCUT2D eigenvalue weighted by Gasteiger charge is 2.31. The normalized spacial score (nSPS) is 15.8. The number of rotatable bonds is 2. The van der Waals surface area contributed by atoms with Crippen molar-refractivity contribution in [3.8, 4) is 16.9 Å². The fraction of sp³-hybridized carbons (Fsp3) is 0.167. The van der Waals surface area contributed by atoms with Crippen LogP contribution in [0.1, 0.15) is 29.7 Å². The molecule has 3 nitrogen and oxygen atoms in total. The lowest BCUT2D eigenvalue weighted by molar-refractivity contribution is 0.281. The van der Waals surface area contributed by atoms with Crippen LogP contribution in [0.4, 0.5) is 0 Å². The third-order valence-corrected chi connectivity index (χ3v) is 4.27. The quantitative estimate of drug-likeness (QED) is 0.778. The maximum absolute atomic E-state index is 9.88. The molecule has 0 radical (unpaired) electrons. The molecule has 0 spiro atoms. The first-order chi connectivity index (χ1) is 10.3. The number of aliphatic hydroxyl groups is 1. The largest absolute Gasteiger partial charge is 0.392 e. The fourth-order valence-corrected chi connectivity index (χ4v) is 3.27. The van der Waals surface area contributed by atoms with Crippen LogP contribution < -0.4 is 0 Å². The number of nitrogens with zero attached hydrogens (tertiary/aromatic N) is 2. The van der Waals surface area contributed by atoms with E-state index in [-0.39, 0.29) is 12.5 Å². The van der Waals surface area contributed by atoms with Crippen LogP contribution in [0.3, 0.4) is 0 Å². The van der Waals surface area contributed by atoms with Gasteiger partial charge in [-0.15, -0.1) is 0 Å². The van der Waals surface area contributed by atoms with Crippen molar-refractivity contribution in [1.82, 2.24) is 9.78 Å². The average Bonchev–Trinajstić information content (AvgIpc) is 3.05. The van der Waals surface area contributed by atoms with Crippen LogP contribution in [-0.2, 0) is 6.61 Å². The van der Waals surface area contributed by atoms with Crippen molar-refractivity contribution in [2.45, 2.75) is 19.4 Å². The van der Waals surface area contributed by atoms with Crippen LogP contribution in [0.2, 0.25) is 0 Å². The van der Waals surface area contributed by atoms with Crippen molar-refractivity contribution >= 4 is 0 Å². The SMILES string of the molecule is CC1c2ccccc2-n2nc(-c3ccccc3)c(CO)c21. The Morgan fingerprint density at radius 3 is 2.52 bits per heavy atom. The fourth-order valence-electron chi connectivity index (χ4n) is 3.27. The van der Waals surface area contributed by atoms with Gasteiger partial charge in [0.05, 0.1) is 23.7 Å². The molecule has 104 valence electrons. The lowest BCUT2D eigenvalue weighted by Crippen LogP contribution is -1.97. The average molecular weight is 276 g/mol. The third-order valence-electron chi connectivity index (χ3n) is 4.27. The van der Waals surface area contributed by atoms with Gasteiger partial charge in [-0.25, -0.2) is 4.68 Å². The van der Waals surface area contributed by atoms with Crippen LogP contribution in [0.5, 0.6) is 0 Å². The molecular formula is C18H16N2O. The Morgan fingerprint density at radius 1 is 1.05 bits per heavy atom. The summed E-state index contributed by atoms with van der Waals surface area (Å²) in [6.07, 6.45) is 0. The molecule has 1 aliphatic rings. The lowest BCUT2D eigenvalue weighted by atomic mass is 9.95. The van der Waals surface area contributed by atoms with E-state index in [9.17, 15) is 5.11 Å². The Labute approximate surface area is 123 Å². The van der Waals surface area contributed by atoms with Crippen LogP contribution in [0.15, 0.2) is 54.6 Å². The van der Waals surface area contributed by atoms with Gasteiger partial charge in [0.2, 0.25) is 0 Å². The van der Waals surface area contributed by atoms with Gasteiger partial charge >= 0.3 is 0 Å². The van der Waals surface area contributed by atoms with Crippen LogP contribution >= 0.6 is 0 Å². The lowest BCUT2D eigenvalue weighted by Gasteiger charge is -2.07. The molecule has 1 aromatic heterocycles. The van der Waals surface area contributed by atoms with E-state index >= 15 is 0 Å². The van der Waals surface area contributed by atoms with E-state index in [1.807, 2.05) is 41.1 Å². The first kappa shape index (κ1) is 12.4. The smallest absolute Gasteiger partial charge is 0.0985 e. The zero-order valence-corrected chi connectivity index (χ0v) is 11.8. The molecule has 1 N–H and O–H groups in total. The van der Waals surface area contributed by atoms with Gasteiger partial charge < -0.3 is 5.11 Å². The van der Waals surface area contributed by atoms with Crippen LogP contribution in [-0.4, -0.2) is 14.9 Å². The van der Waals surface area contributed by atoms with E-state index in [4.69, 9.17) is 5.10 Å². The zero-order valence-electron chi connectivity index (χ0n) is 11.8. The van der Waals surface area contributed by atoms with Crippen molar-refractivity contribution in [2.24, 2.45) is 0 Å². The highest BCUT2D eigenvalue weighted by Crippen LogP contribution is 2.41. The van der Waals surface area contributed by atoms with Gasteiger partial charge in [-0.3, -0.25) is 0 Å².